The normalized spacial score (nSPS) is 26.3. The van der Waals surface area contributed by atoms with Crippen molar-refractivity contribution in [2.24, 2.45) is 0 Å². The van der Waals surface area contributed by atoms with Crippen molar-refractivity contribution in [2.45, 2.75) is 69.6 Å². The Morgan fingerprint density at radius 1 is 1.24 bits per heavy atom. The van der Waals surface area contributed by atoms with Crippen molar-refractivity contribution in [2.75, 3.05) is 11.4 Å². The van der Waals surface area contributed by atoms with Crippen LogP contribution in [0.3, 0.4) is 0 Å². The molecule has 2 aliphatic heterocycles. The maximum atomic E-state index is 15.2. The number of aromatic carboxylic acids is 1. The van der Waals surface area contributed by atoms with E-state index >= 15 is 4.39 Å². The van der Waals surface area contributed by atoms with Gasteiger partial charge < -0.3 is 19.9 Å². The molecule has 0 radical (unpaired) electrons. The lowest BCUT2D eigenvalue weighted by atomic mass is 9.97. The van der Waals surface area contributed by atoms with Gasteiger partial charge in [-0.2, -0.15) is 0 Å². The van der Waals surface area contributed by atoms with E-state index in [-0.39, 0.29) is 29.1 Å². The quantitative estimate of drug-likeness (QED) is 0.802. The summed E-state index contributed by atoms with van der Waals surface area (Å²) in [7, 11) is 0. The predicted octanol–water partition coefficient (Wildman–Crippen LogP) is 2.68. The Kier molecular flexibility index (Phi) is 4.34. The Labute approximate surface area is 167 Å². The van der Waals surface area contributed by atoms with E-state index < -0.39 is 17.2 Å². The molecule has 0 aromatic carbocycles. The van der Waals surface area contributed by atoms with Crippen molar-refractivity contribution < 1.29 is 14.3 Å². The molecule has 1 saturated carbocycles. The summed E-state index contributed by atoms with van der Waals surface area (Å²) < 4.78 is 16.9. The van der Waals surface area contributed by atoms with Crippen LogP contribution in [0.1, 0.15) is 61.8 Å². The molecule has 2 aromatic heterocycles. The molecule has 154 valence electrons. The van der Waals surface area contributed by atoms with Crippen LogP contribution in [-0.2, 0) is 0 Å². The molecule has 29 heavy (non-hydrogen) atoms. The van der Waals surface area contributed by atoms with Crippen molar-refractivity contribution >= 4 is 22.8 Å². The predicted molar refractivity (Wildman–Crippen MR) is 107 cm³/mol. The zero-order chi connectivity index (χ0) is 20.3. The number of halogens is 1. The van der Waals surface area contributed by atoms with Crippen LogP contribution in [0, 0.1) is 5.82 Å². The summed E-state index contributed by atoms with van der Waals surface area (Å²) in [5, 5.41) is 12.9. The standard InChI is InChI=1S/C21H25FN4O3/c1-2-23-11-7-13-5-6-14(8-11)26(13)20-17(22)9-15-18(27)16(21(28)29)10-25(12-3-4-12)19(15)24-20/h9-14,23H,2-8H2,1H3,(H,28,29)/t11?,13-,14+. The number of carboxylic acids is 1. The van der Waals surface area contributed by atoms with Crippen LogP contribution in [0.15, 0.2) is 17.1 Å². The van der Waals surface area contributed by atoms with Gasteiger partial charge in [0, 0.05) is 30.4 Å². The minimum absolute atomic E-state index is 0.0490. The van der Waals surface area contributed by atoms with E-state index in [4.69, 9.17) is 0 Å². The molecule has 1 aliphatic carbocycles. The van der Waals surface area contributed by atoms with E-state index in [9.17, 15) is 14.7 Å². The largest absolute Gasteiger partial charge is 0.477 e. The summed E-state index contributed by atoms with van der Waals surface area (Å²) in [5.74, 6) is -1.53. The lowest BCUT2D eigenvalue weighted by molar-refractivity contribution is 0.0695. The van der Waals surface area contributed by atoms with Crippen LogP contribution in [0.25, 0.3) is 11.0 Å². The molecule has 0 amide bonds. The summed E-state index contributed by atoms with van der Waals surface area (Å²) in [5.41, 5.74) is -0.604. The number of carbonyl (C=O) groups is 1. The molecule has 1 unspecified atom stereocenters. The fourth-order valence-electron chi connectivity index (χ4n) is 5.18. The first-order chi connectivity index (χ1) is 14.0. The fraction of sp³-hybridized carbons (Fsp3) is 0.571. The van der Waals surface area contributed by atoms with Crippen molar-refractivity contribution in [3.8, 4) is 0 Å². The van der Waals surface area contributed by atoms with Crippen LogP contribution >= 0.6 is 0 Å². The lowest BCUT2D eigenvalue weighted by Gasteiger charge is -2.40. The third-order valence-electron chi connectivity index (χ3n) is 6.58. The van der Waals surface area contributed by atoms with Crippen LogP contribution in [0.5, 0.6) is 0 Å². The number of piperidine rings is 1. The number of nitrogens with one attached hydrogen (secondary N) is 1. The van der Waals surface area contributed by atoms with Gasteiger partial charge in [-0.15, -0.1) is 0 Å². The summed E-state index contributed by atoms with van der Waals surface area (Å²) >= 11 is 0. The van der Waals surface area contributed by atoms with Gasteiger partial charge in [0.1, 0.15) is 11.2 Å². The second-order valence-electron chi connectivity index (χ2n) is 8.50. The SMILES string of the molecule is CCNC1C[C@H]2CC[C@@H](C1)N2c1nc2c(cc1F)c(=O)c(C(=O)O)cn2C1CC1. The van der Waals surface area contributed by atoms with Crippen LogP contribution < -0.4 is 15.6 Å². The van der Waals surface area contributed by atoms with E-state index in [1.54, 1.807) is 4.57 Å². The van der Waals surface area contributed by atoms with Gasteiger partial charge in [0.05, 0.1) is 5.39 Å². The topological polar surface area (TPSA) is 87.5 Å². The lowest BCUT2D eigenvalue weighted by Crippen LogP contribution is -2.49. The van der Waals surface area contributed by atoms with Gasteiger partial charge in [-0.1, -0.05) is 6.92 Å². The van der Waals surface area contributed by atoms with Crippen LogP contribution in [-0.4, -0.2) is 45.3 Å². The molecular weight excluding hydrogens is 375 g/mol. The highest BCUT2D eigenvalue weighted by Crippen LogP contribution is 2.41. The molecule has 2 bridgehead atoms. The highest BCUT2D eigenvalue weighted by molar-refractivity contribution is 5.92. The van der Waals surface area contributed by atoms with E-state index in [1.165, 1.54) is 12.3 Å². The first-order valence-electron chi connectivity index (χ1n) is 10.5. The Morgan fingerprint density at radius 3 is 2.48 bits per heavy atom. The second-order valence-corrected chi connectivity index (χ2v) is 8.50. The number of pyridine rings is 2. The number of fused-ring (bicyclic) bond motifs is 3. The molecule has 2 aromatic rings. The number of rotatable bonds is 5. The number of aromatic nitrogens is 2. The molecule has 2 N–H and O–H groups in total. The maximum absolute atomic E-state index is 15.2. The number of anilines is 1. The van der Waals surface area contributed by atoms with Gasteiger partial charge in [0.25, 0.3) is 0 Å². The molecule has 8 heteroatoms. The number of nitrogens with zero attached hydrogens (tertiary/aromatic N) is 3. The average Bonchev–Trinajstić information content (AvgIpc) is 3.48. The Morgan fingerprint density at radius 2 is 1.90 bits per heavy atom. The third-order valence-corrected chi connectivity index (χ3v) is 6.58. The molecular formula is C21H25FN4O3. The van der Waals surface area contributed by atoms with E-state index in [1.807, 2.05) is 0 Å². The monoisotopic (exact) mass is 400 g/mol. The van der Waals surface area contributed by atoms with Crippen LogP contribution in [0.2, 0.25) is 0 Å². The first kappa shape index (κ1) is 18.5. The van der Waals surface area contributed by atoms with E-state index in [2.05, 4.69) is 22.1 Å². The minimum atomic E-state index is -1.29. The van der Waals surface area contributed by atoms with Gasteiger partial charge in [-0.05, 0) is 51.1 Å². The van der Waals surface area contributed by atoms with Crippen molar-refractivity contribution in [1.82, 2.24) is 14.9 Å². The molecule has 7 nitrogen and oxygen atoms in total. The molecule has 0 spiro atoms. The zero-order valence-electron chi connectivity index (χ0n) is 16.4. The van der Waals surface area contributed by atoms with E-state index in [0.717, 1.165) is 45.1 Å². The minimum Gasteiger partial charge on any atom is -0.477 e. The fourth-order valence-corrected chi connectivity index (χ4v) is 5.18. The molecule has 4 heterocycles. The molecule has 2 saturated heterocycles. The number of hydrogen-bond donors (Lipinski definition) is 2. The van der Waals surface area contributed by atoms with Crippen molar-refractivity contribution in [3.05, 3.63) is 33.9 Å². The second kappa shape index (κ2) is 6.79. The van der Waals surface area contributed by atoms with Crippen molar-refractivity contribution in [3.63, 3.8) is 0 Å². The van der Waals surface area contributed by atoms with Gasteiger partial charge in [-0.3, -0.25) is 4.79 Å². The number of hydrogen-bond acceptors (Lipinski definition) is 5. The Bertz CT molecular complexity index is 1030. The summed E-state index contributed by atoms with van der Waals surface area (Å²) in [6.45, 7) is 3.02. The molecule has 3 atom stereocenters. The van der Waals surface area contributed by atoms with Gasteiger partial charge in [0.15, 0.2) is 11.6 Å². The summed E-state index contributed by atoms with van der Waals surface area (Å²) in [6, 6.07) is 2.23. The third kappa shape index (κ3) is 3.01. The van der Waals surface area contributed by atoms with E-state index in [0.29, 0.717) is 17.5 Å². The zero-order valence-corrected chi connectivity index (χ0v) is 16.4. The Balaban J connectivity index is 1.62. The Hall–Kier alpha value is -2.48. The van der Waals surface area contributed by atoms with Gasteiger partial charge in [0.2, 0.25) is 5.43 Å². The number of carboxylic acid groups (broad SMARTS) is 1. The first-order valence-corrected chi connectivity index (χ1v) is 10.5. The van der Waals surface area contributed by atoms with Gasteiger partial charge in [-0.25, -0.2) is 14.2 Å². The van der Waals surface area contributed by atoms with Crippen molar-refractivity contribution in [1.29, 1.82) is 0 Å². The van der Waals surface area contributed by atoms with Gasteiger partial charge >= 0.3 is 5.97 Å². The highest BCUT2D eigenvalue weighted by atomic mass is 19.1. The highest BCUT2D eigenvalue weighted by Gasteiger charge is 2.42. The maximum Gasteiger partial charge on any atom is 0.341 e. The molecule has 3 fully saturated rings. The van der Waals surface area contributed by atoms with Crippen LogP contribution in [0.4, 0.5) is 10.2 Å². The smallest absolute Gasteiger partial charge is 0.341 e. The summed E-state index contributed by atoms with van der Waals surface area (Å²) in [6.07, 6.45) is 7.13. The average molecular weight is 400 g/mol. The molecule has 5 rings (SSSR count). The molecule has 3 aliphatic rings. The summed E-state index contributed by atoms with van der Waals surface area (Å²) in [4.78, 5) is 30.9.